The number of hydrogen-bond acceptors (Lipinski definition) is 12. The van der Waals surface area contributed by atoms with Crippen LogP contribution in [0.1, 0.15) is 35.0 Å². The van der Waals surface area contributed by atoms with Gasteiger partial charge in [-0.3, -0.25) is 0 Å². The lowest BCUT2D eigenvalue weighted by Gasteiger charge is -2.26. The molecular formula is C30H36N6O6. The summed E-state index contributed by atoms with van der Waals surface area (Å²) in [5, 5.41) is 71.6. The van der Waals surface area contributed by atoms with Crippen LogP contribution in [0.25, 0.3) is 0 Å². The zero-order chi connectivity index (χ0) is 29.9. The van der Waals surface area contributed by atoms with E-state index in [1.54, 1.807) is 72.8 Å². The molecule has 1 heterocycles. The lowest BCUT2D eigenvalue weighted by atomic mass is 10.0. The highest BCUT2D eigenvalue weighted by molar-refractivity contribution is 5.45. The van der Waals surface area contributed by atoms with Gasteiger partial charge in [-0.1, -0.05) is 91.0 Å². The van der Waals surface area contributed by atoms with Gasteiger partial charge in [-0.25, -0.2) is 0 Å². The van der Waals surface area contributed by atoms with Crippen molar-refractivity contribution in [3.8, 4) is 0 Å². The average Bonchev–Trinajstić information content (AvgIpc) is 3.05. The molecule has 0 aliphatic rings. The Balaban J connectivity index is 1.63. The van der Waals surface area contributed by atoms with E-state index in [9.17, 15) is 30.6 Å². The molecule has 0 fully saturated rings. The predicted octanol–water partition coefficient (Wildman–Crippen LogP) is 1.39. The summed E-state index contributed by atoms with van der Waals surface area (Å²) in [4.78, 5) is 13.0. The molecule has 0 spiro atoms. The van der Waals surface area contributed by atoms with Gasteiger partial charge in [-0.15, -0.1) is 0 Å². The van der Waals surface area contributed by atoms with E-state index in [0.29, 0.717) is 16.7 Å². The number of nitrogens with one attached hydrogen (secondary N) is 3. The number of aromatic nitrogens is 3. The van der Waals surface area contributed by atoms with Crippen molar-refractivity contribution in [2.75, 3.05) is 35.8 Å². The van der Waals surface area contributed by atoms with Crippen molar-refractivity contribution in [3.63, 3.8) is 0 Å². The number of aliphatic hydroxyl groups is 6. The summed E-state index contributed by atoms with van der Waals surface area (Å²) in [5.41, 5.74) is 1.69. The van der Waals surface area contributed by atoms with Crippen LogP contribution in [0.2, 0.25) is 0 Å². The van der Waals surface area contributed by atoms with Gasteiger partial charge in [0.15, 0.2) is 0 Å². The van der Waals surface area contributed by atoms with Gasteiger partial charge >= 0.3 is 0 Å². The summed E-state index contributed by atoms with van der Waals surface area (Å²) in [5.74, 6) is -0.164. The van der Waals surface area contributed by atoms with Crippen molar-refractivity contribution < 1.29 is 30.6 Å². The number of anilines is 3. The topological polar surface area (TPSA) is 196 Å². The maximum Gasteiger partial charge on any atom is 0.229 e. The van der Waals surface area contributed by atoms with Gasteiger partial charge in [0.25, 0.3) is 0 Å². The first-order chi connectivity index (χ1) is 20.4. The number of benzene rings is 3. The Labute approximate surface area is 243 Å². The molecular weight excluding hydrogens is 540 g/mol. The summed E-state index contributed by atoms with van der Waals surface area (Å²) in [6, 6.07) is 23.6. The Kier molecular flexibility index (Phi) is 11.1. The molecule has 12 nitrogen and oxygen atoms in total. The SMILES string of the molecule is OCC(Nc1nc(NC(CO)C(O)c2ccccc2)nc(NC(CO)C(O)c2ccccc2)n1)C(O)c1ccccc1. The molecule has 0 saturated heterocycles. The van der Waals surface area contributed by atoms with Crippen LogP contribution < -0.4 is 16.0 Å². The van der Waals surface area contributed by atoms with Crippen LogP contribution in [-0.2, 0) is 0 Å². The van der Waals surface area contributed by atoms with E-state index < -0.39 is 56.3 Å². The van der Waals surface area contributed by atoms with Crippen LogP contribution in [0.3, 0.4) is 0 Å². The quantitative estimate of drug-likeness (QED) is 0.0988. The van der Waals surface area contributed by atoms with E-state index in [0.717, 1.165) is 0 Å². The van der Waals surface area contributed by atoms with Crippen LogP contribution in [-0.4, -0.2) is 83.5 Å². The monoisotopic (exact) mass is 576 g/mol. The number of rotatable bonds is 15. The molecule has 6 unspecified atom stereocenters. The molecule has 42 heavy (non-hydrogen) atoms. The molecule has 0 aliphatic heterocycles. The summed E-state index contributed by atoms with van der Waals surface area (Å²) < 4.78 is 0. The molecule has 0 aliphatic carbocycles. The molecule has 0 amide bonds. The van der Waals surface area contributed by atoms with Crippen LogP contribution in [0.4, 0.5) is 17.8 Å². The minimum absolute atomic E-state index is 0.0548. The van der Waals surface area contributed by atoms with Gasteiger partial charge in [0.05, 0.1) is 37.9 Å². The van der Waals surface area contributed by atoms with E-state index in [4.69, 9.17) is 0 Å². The molecule has 4 aromatic rings. The summed E-state index contributed by atoms with van der Waals surface area (Å²) in [6.45, 7) is -1.40. The van der Waals surface area contributed by atoms with E-state index in [1.807, 2.05) is 18.2 Å². The van der Waals surface area contributed by atoms with Crippen LogP contribution in [0.15, 0.2) is 91.0 Å². The van der Waals surface area contributed by atoms with Gasteiger partial charge in [0.1, 0.15) is 18.3 Å². The molecule has 9 N–H and O–H groups in total. The van der Waals surface area contributed by atoms with Gasteiger partial charge in [-0.2, -0.15) is 15.0 Å². The molecule has 0 saturated carbocycles. The fraction of sp³-hybridized carbons (Fsp3) is 0.300. The van der Waals surface area contributed by atoms with Crippen molar-refractivity contribution in [1.29, 1.82) is 0 Å². The lowest BCUT2D eigenvalue weighted by Crippen LogP contribution is -2.35. The molecule has 4 rings (SSSR count). The standard InChI is InChI=1S/C30H36N6O6/c37-16-22(25(40)19-10-4-1-5-11-19)31-28-34-29(32-23(17-38)26(41)20-12-6-2-7-13-20)36-30(35-28)33-24(18-39)27(42)21-14-8-3-9-15-21/h1-15,22-27,37-42H,16-18H2,(H3,31,32,33,34,35,36). The van der Waals surface area contributed by atoms with Crippen LogP contribution in [0.5, 0.6) is 0 Å². The molecule has 3 aromatic carbocycles. The Morgan fingerprint density at radius 2 is 0.667 bits per heavy atom. The minimum Gasteiger partial charge on any atom is -0.394 e. The van der Waals surface area contributed by atoms with E-state index in [-0.39, 0.29) is 17.8 Å². The number of aliphatic hydroxyl groups excluding tert-OH is 6. The maximum atomic E-state index is 10.9. The fourth-order valence-electron chi connectivity index (χ4n) is 4.39. The van der Waals surface area contributed by atoms with E-state index in [2.05, 4.69) is 30.9 Å². The zero-order valence-electron chi connectivity index (χ0n) is 22.8. The third kappa shape index (κ3) is 7.97. The minimum atomic E-state index is -1.11. The Bertz CT molecular complexity index is 1180. The van der Waals surface area contributed by atoms with Gasteiger partial charge < -0.3 is 46.6 Å². The molecule has 222 valence electrons. The first kappa shape index (κ1) is 30.8. The maximum absolute atomic E-state index is 10.9. The van der Waals surface area contributed by atoms with Gasteiger partial charge in [0.2, 0.25) is 17.8 Å². The Morgan fingerprint density at radius 1 is 0.429 bits per heavy atom. The second kappa shape index (κ2) is 15.2. The normalized spacial score (nSPS) is 15.6. The van der Waals surface area contributed by atoms with Crippen molar-refractivity contribution in [2.45, 2.75) is 36.4 Å². The van der Waals surface area contributed by atoms with Crippen molar-refractivity contribution in [3.05, 3.63) is 108 Å². The lowest BCUT2D eigenvalue weighted by molar-refractivity contribution is 0.118. The highest BCUT2D eigenvalue weighted by atomic mass is 16.3. The predicted molar refractivity (Wildman–Crippen MR) is 158 cm³/mol. The van der Waals surface area contributed by atoms with E-state index in [1.165, 1.54) is 0 Å². The van der Waals surface area contributed by atoms with Gasteiger partial charge in [-0.05, 0) is 16.7 Å². The summed E-state index contributed by atoms with van der Waals surface area (Å²) in [7, 11) is 0. The van der Waals surface area contributed by atoms with Crippen molar-refractivity contribution >= 4 is 17.8 Å². The first-order valence-electron chi connectivity index (χ1n) is 13.5. The van der Waals surface area contributed by atoms with Crippen LogP contribution in [0, 0.1) is 0 Å². The highest BCUT2D eigenvalue weighted by Gasteiger charge is 2.26. The molecule has 0 radical (unpaired) electrons. The number of hydrogen-bond donors (Lipinski definition) is 9. The highest BCUT2D eigenvalue weighted by Crippen LogP contribution is 2.24. The molecule has 6 atom stereocenters. The first-order valence-corrected chi connectivity index (χ1v) is 13.5. The van der Waals surface area contributed by atoms with Crippen LogP contribution >= 0.6 is 0 Å². The molecule has 12 heteroatoms. The van der Waals surface area contributed by atoms with Crippen molar-refractivity contribution in [2.24, 2.45) is 0 Å². The largest absolute Gasteiger partial charge is 0.394 e. The average molecular weight is 577 g/mol. The van der Waals surface area contributed by atoms with Crippen molar-refractivity contribution in [1.82, 2.24) is 15.0 Å². The molecule has 1 aromatic heterocycles. The Hall–Kier alpha value is -4.17. The Morgan fingerprint density at radius 3 is 0.881 bits per heavy atom. The summed E-state index contributed by atoms with van der Waals surface area (Å²) >= 11 is 0. The fourth-order valence-corrected chi connectivity index (χ4v) is 4.39. The molecule has 0 bridgehead atoms. The second-order valence-corrected chi connectivity index (χ2v) is 9.67. The van der Waals surface area contributed by atoms with E-state index >= 15 is 0 Å². The summed E-state index contributed by atoms with van der Waals surface area (Å²) in [6.07, 6.45) is -3.34. The number of nitrogens with zero attached hydrogens (tertiary/aromatic N) is 3. The zero-order valence-corrected chi connectivity index (χ0v) is 22.8. The van der Waals surface area contributed by atoms with Gasteiger partial charge in [0, 0.05) is 0 Å². The third-order valence-electron chi connectivity index (χ3n) is 6.74. The second-order valence-electron chi connectivity index (χ2n) is 9.67. The third-order valence-corrected chi connectivity index (χ3v) is 6.74. The smallest absolute Gasteiger partial charge is 0.229 e.